The number of piperazine rings is 1. The van der Waals surface area contributed by atoms with E-state index in [0.717, 1.165) is 39.0 Å². The first-order chi connectivity index (χ1) is 8.90. The second-order valence-corrected chi connectivity index (χ2v) is 5.00. The van der Waals surface area contributed by atoms with Gasteiger partial charge in [-0.15, -0.1) is 0 Å². The zero-order valence-corrected chi connectivity index (χ0v) is 11.0. The van der Waals surface area contributed by atoms with Crippen LogP contribution in [0.25, 0.3) is 0 Å². The number of benzene rings is 1. The number of nitrogens with zero attached hydrogens (tertiary/aromatic N) is 1. The molecule has 0 aromatic heterocycles. The molecule has 1 fully saturated rings. The molecule has 1 aliphatic rings. The second kappa shape index (κ2) is 7.52. The molecule has 1 heterocycles. The number of hydrogen-bond acceptors (Lipinski definition) is 3. The Morgan fingerprint density at radius 1 is 1.28 bits per heavy atom. The van der Waals surface area contributed by atoms with E-state index in [-0.39, 0.29) is 0 Å². The van der Waals surface area contributed by atoms with Crippen LogP contribution in [0.2, 0.25) is 0 Å². The van der Waals surface area contributed by atoms with Gasteiger partial charge in [-0.3, -0.25) is 4.90 Å². The van der Waals surface area contributed by atoms with Gasteiger partial charge >= 0.3 is 0 Å². The molecule has 0 radical (unpaired) electrons. The standard InChI is InChI=1S/C15H24N2O/c18-12-8-15-13-16-9-11-17(15)10-4-7-14-5-2-1-3-6-14/h1-3,5-6,15-16,18H,4,7-13H2/t15-/m0/s1. The first-order valence-corrected chi connectivity index (χ1v) is 6.99. The van der Waals surface area contributed by atoms with E-state index in [1.807, 2.05) is 0 Å². The first kappa shape index (κ1) is 13.5. The summed E-state index contributed by atoms with van der Waals surface area (Å²) in [5.41, 5.74) is 1.42. The summed E-state index contributed by atoms with van der Waals surface area (Å²) in [5.74, 6) is 0. The van der Waals surface area contributed by atoms with Gasteiger partial charge in [0.05, 0.1) is 0 Å². The Bertz CT molecular complexity index is 327. The molecular weight excluding hydrogens is 224 g/mol. The maximum absolute atomic E-state index is 9.09. The van der Waals surface area contributed by atoms with Gasteiger partial charge in [0.25, 0.3) is 0 Å². The largest absolute Gasteiger partial charge is 0.396 e. The zero-order chi connectivity index (χ0) is 12.6. The number of aryl methyl sites for hydroxylation is 1. The third-order valence-electron chi connectivity index (χ3n) is 3.69. The van der Waals surface area contributed by atoms with Gasteiger partial charge in [-0.05, 0) is 31.4 Å². The highest BCUT2D eigenvalue weighted by molar-refractivity contribution is 5.14. The summed E-state index contributed by atoms with van der Waals surface area (Å²) >= 11 is 0. The topological polar surface area (TPSA) is 35.5 Å². The minimum atomic E-state index is 0.293. The maximum atomic E-state index is 9.09. The average Bonchev–Trinajstić information content (AvgIpc) is 2.42. The van der Waals surface area contributed by atoms with Crippen molar-refractivity contribution >= 4 is 0 Å². The van der Waals surface area contributed by atoms with Crippen LogP contribution in [0.4, 0.5) is 0 Å². The highest BCUT2D eigenvalue weighted by Crippen LogP contribution is 2.10. The molecule has 1 aromatic carbocycles. The monoisotopic (exact) mass is 248 g/mol. The smallest absolute Gasteiger partial charge is 0.0446 e. The molecule has 0 spiro atoms. The van der Waals surface area contributed by atoms with Crippen LogP contribution in [0.5, 0.6) is 0 Å². The van der Waals surface area contributed by atoms with E-state index in [1.165, 1.54) is 12.0 Å². The molecule has 18 heavy (non-hydrogen) atoms. The molecule has 3 nitrogen and oxygen atoms in total. The van der Waals surface area contributed by atoms with E-state index in [2.05, 4.69) is 40.5 Å². The molecule has 2 rings (SSSR count). The fraction of sp³-hybridized carbons (Fsp3) is 0.600. The quantitative estimate of drug-likeness (QED) is 0.796. The zero-order valence-electron chi connectivity index (χ0n) is 11.0. The lowest BCUT2D eigenvalue weighted by atomic mass is 10.1. The summed E-state index contributed by atoms with van der Waals surface area (Å²) in [5, 5.41) is 12.5. The van der Waals surface area contributed by atoms with Gasteiger partial charge in [0.2, 0.25) is 0 Å². The lowest BCUT2D eigenvalue weighted by molar-refractivity contribution is 0.129. The summed E-state index contributed by atoms with van der Waals surface area (Å²) in [6.07, 6.45) is 3.24. The van der Waals surface area contributed by atoms with Gasteiger partial charge in [0, 0.05) is 32.3 Å². The Morgan fingerprint density at radius 2 is 2.11 bits per heavy atom. The molecule has 1 aliphatic heterocycles. The second-order valence-electron chi connectivity index (χ2n) is 5.00. The maximum Gasteiger partial charge on any atom is 0.0446 e. The van der Waals surface area contributed by atoms with E-state index in [0.29, 0.717) is 12.6 Å². The Hall–Kier alpha value is -0.900. The van der Waals surface area contributed by atoms with Crippen LogP contribution in [-0.4, -0.2) is 48.8 Å². The Labute approximate surface area is 110 Å². The third kappa shape index (κ3) is 4.09. The van der Waals surface area contributed by atoms with Crippen molar-refractivity contribution in [3.05, 3.63) is 35.9 Å². The summed E-state index contributed by atoms with van der Waals surface area (Å²) < 4.78 is 0. The van der Waals surface area contributed by atoms with Crippen molar-refractivity contribution in [1.82, 2.24) is 10.2 Å². The van der Waals surface area contributed by atoms with Crippen molar-refractivity contribution in [2.45, 2.75) is 25.3 Å². The van der Waals surface area contributed by atoms with Crippen LogP contribution in [0.15, 0.2) is 30.3 Å². The van der Waals surface area contributed by atoms with Crippen LogP contribution in [0.1, 0.15) is 18.4 Å². The summed E-state index contributed by atoms with van der Waals surface area (Å²) in [4.78, 5) is 2.52. The molecule has 2 N–H and O–H groups in total. The summed E-state index contributed by atoms with van der Waals surface area (Å²) in [6, 6.07) is 11.2. The molecule has 1 saturated heterocycles. The Kier molecular flexibility index (Phi) is 5.65. The van der Waals surface area contributed by atoms with Crippen molar-refractivity contribution in [2.75, 3.05) is 32.8 Å². The SMILES string of the molecule is OCC[C@H]1CNCCN1CCCc1ccccc1. The first-order valence-electron chi connectivity index (χ1n) is 6.99. The number of aliphatic hydroxyl groups is 1. The predicted molar refractivity (Wildman–Crippen MR) is 74.7 cm³/mol. The lowest BCUT2D eigenvalue weighted by Crippen LogP contribution is -2.51. The average molecular weight is 248 g/mol. The minimum Gasteiger partial charge on any atom is -0.396 e. The van der Waals surface area contributed by atoms with Gasteiger partial charge in [-0.1, -0.05) is 30.3 Å². The van der Waals surface area contributed by atoms with Crippen LogP contribution >= 0.6 is 0 Å². The van der Waals surface area contributed by atoms with Crippen molar-refractivity contribution < 1.29 is 5.11 Å². The third-order valence-corrected chi connectivity index (χ3v) is 3.69. The lowest BCUT2D eigenvalue weighted by Gasteiger charge is -2.36. The van der Waals surface area contributed by atoms with E-state index in [1.54, 1.807) is 0 Å². The van der Waals surface area contributed by atoms with Crippen molar-refractivity contribution in [3.8, 4) is 0 Å². The van der Waals surface area contributed by atoms with Gasteiger partial charge in [0.15, 0.2) is 0 Å². The van der Waals surface area contributed by atoms with E-state index >= 15 is 0 Å². The van der Waals surface area contributed by atoms with Gasteiger partial charge in [-0.2, -0.15) is 0 Å². The summed E-state index contributed by atoms with van der Waals surface area (Å²) in [7, 11) is 0. The summed E-state index contributed by atoms with van der Waals surface area (Å²) in [6.45, 7) is 4.64. The Balaban J connectivity index is 1.74. The predicted octanol–water partition coefficient (Wildman–Crippen LogP) is 1.28. The minimum absolute atomic E-state index is 0.293. The number of rotatable bonds is 6. The molecule has 1 aromatic rings. The fourth-order valence-corrected chi connectivity index (χ4v) is 2.66. The van der Waals surface area contributed by atoms with Gasteiger partial charge in [0.1, 0.15) is 0 Å². The van der Waals surface area contributed by atoms with E-state index in [4.69, 9.17) is 5.11 Å². The van der Waals surface area contributed by atoms with Crippen molar-refractivity contribution in [2.24, 2.45) is 0 Å². The number of aliphatic hydroxyl groups excluding tert-OH is 1. The molecule has 100 valence electrons. The highest BCUT2D eigenvalue weighted by atomic mass is 16.3. The van der Waals surface area contributed by atoms with E-state index in [9.17, 15) is 0 Å². The Morgan fingerprint density at radius 3 is 2.89 bits per heavy atom. The fourth-order valence-electron chi connectivity index (χ4n) is 2.66. The van der Waals surface area contributed by atoms with Gasteiger partial charge < -0.3 is 10.4 Å². The molecule has 3 heteroatoms. The van der Waals surface area contributed by atoms with Crippen molar-refractivity contribution in [3.63, 3.8) is 0 Å². The van der Waals surface area contributed by atoms with Crippen LogP contribution in [0, 0.1) is 0 Å². The highest BCUT2D eigenvalue weighted by Gasteiger charge is 2.20. The molecular formula is C15H24N2O. The molecule has 0 amide bonds. The number of nitrogens with one attached hydrogen (secondary N) is 1. The normalized spacial score (nSPS) is 21.1. The van der Waals surface area contributed by atoms with E-state index < -0.39 is 0 Å². The molecule has 0 unspecified atom stereocenters. The van der Waals surface area contributed by atoms with Crippen LogP contribution < -0.4 is 5.32 Å². The molecule has 1 atom stereocenters. The van der Waals surface area contributed by atoms with Crippen molar-refractivity contribution in [1.29, 1.82) is 0 Å². The molecule has 0 bridgehead atoms. The van der Waals surface area contributed by atoms with Crippen LogP contribution in [-0.2, 0) is 6.42 Å². The number of hydrogen-bond donors (Lipinski definition) is 2. The van der Waals surface area contributed by atoms with Crippen LogP contribution in [0.3, 0.4) is 0 Å². The van der Waals surface area contributed by atoms with Gasteiger partial charge in [-0.25, -0.2) is 0 Å². The molecule has 0 saturated carbocycles. The molecule has 0 aliphatic carbocycles.